The summed E-state index contributed by atoms with van der Waals surface area (Å²) >= 11 is 0. The summed E-state index contributed by atoms with van der Waals surface area (Å²) in [7, 11) is -2.96. The van der Waals surface area contributed by atoms with Crippen molar-refractivity contribution in [3.05, 3.63) is 46.3 Å². The van der Waals surface area contributed by atoms with Gasteiger partial charge in [-0.3, -0.25) is 0 Å². The Kier molecular flexibility index (Phi) is 7.39. The van der Waals surface area contributed by atoms with Crippen molar-refractivity contribution < 1.29 is 32.3 Å². The monoisotopic (exact) mass is 438 g/mol. The SMILES string of the molecule is CCC/C(=C\c1ccc(O)c(F)c1)CC[C@H]1OB(O)C[C@H]2C1=C(COC)CS2(=O)=O. The highest BCUT2D eigenvalue weighted by molar-refractivity contribution is 7.92. The summed E-state index contributed by atoms with van der Waals surface area (Å²) in [6.45, 7) is 2.27. The van der Waals surface area contributed by atoms with Gasteiger partial charge in [-0.05, 0) is 48.1 Å². The molecule has 30 heavy (non-hydrogen) atoms. The predicted octanol–water partition coefficient (Wildman–Crippen LogP) is 3.11. The zero-order valence-corrected chi connectivity index (χ0v) is 18.1. The lowest BCUT2D eigenvalue weighted by atomic mass is 9.74. The van der Waals surface area contributed by atoms with E-state index in [2.05, 4.69) is 0 Å². The van der Waals surface area contributed by atoms with Crippen LogP contribution in [0.15, 0.2) is 34.9 Å². The van der Waals surface area contributed by atoms with Crippen LogP contribution in [0.25, 0.3) is 6.08 Å². The Morgan fingerprint density at radius 2 is 2.17 bits per heavy atom. The normalized spacial score (nSPS) is 23.7. The molecule has 1 fully saturated rings. The second-order valence-corrected chi connectivity index (χ2v) is 10.1. The number of ether oxygens (including phenoxy) is 1. The number of methoxy groups -OCH3 is 1. The van der Waals surface area contributed by atoms with Gasteiger partial charge in [-0.2, -0.15) is 0 Å². The van der Waals surface area contributed by atoms with Crippen LogP contribution in [0.2, 0.25) is 6.32 Å². The molecule has 9 heteroatoms. The van der Waals surface area contributed by atoms with Crippen LogP contribution in [0.4, 0.5) is 4.39 Å². The van der Waals surface area contributed by atoms with E-state index < -0.39 is 34.1 Å². The zero-order valence-electron chi connectivity index (χ0n) is 17.3. The van der Waals surface area contributed by atoms with E-state index in [-0.39, 0.29) is 24.4 Å². The van der Waals surface area contributed by atoms with Crippen molar-refractivity contribution in [3.8, 4) is 5.75 Å². The van der Waals surface area contributed by atoms with E-state index in [0.717, 1.165) is 29.6 Å². The maximum Gasteiger partial charge on any atom is 0.456 e. The summed E-state index contributed by atoms with van der Waals surface area (Å²) in [5.74, 6) is -1.12. The lowest BCUT2D eigenvalue weighted by Gasteiger charge is -2.32. The number of phenols is 1. The van der Waals surface area contributed by atoms with Gasteiger partial charge in [-0.1, -0.05) is 31.1 Å². The summed E-state index contributed by atoms with van der Waals surface area (Å²) in [5.41, 5.74) is 3.17. The summed E-state index contributed by atoms with van der Waals surface area (Å²) in [5, 5.41) is 18.8. The molecule has 2 aliphatic heterocycles. The van der Waals surface area contributed by atoms with E-state index in [9.17, 15) is 22.9 Å². The fraction of sp³-hybridized carbons (Fsp3) is 0.524. The van der Waals surface area contributed by atoms with E-state index in [1.165, 1.54) is 19.2 Å². The molecule has 0 amide bonds. The Morgan fingerprint density at radius 3 is 2.83 bits per heavy atom. The van der Waals surface area contributed by atoms with Crippen LogP contribution >= 0.6 is 0 Å². The number of fused-ring (bicyclic) bond motifs is 1. The molecule has 0 unspecified atom stereocenters. The minimum absolute atomic E-state index is 0.0474. The topological polar surface area (TPSA) is 93.1 Å². The number of hydrogen-bond donors (Lipinski definition) is 2. The molecular weight excluding hydrogens is 410 g/mol. The Balaban J connectivity index is 1.82. The van der Waals surface area contributed by atoms with Crippen LogP contribution in [-0.4, -0.2) is 56.5 Å². The Morgan fingerprint density at radius 1 is 1.40 bits per heavy atom. The van der Waals surface area contributed by atoms with Gasteiger partial charge < -0.3 is 19.5 Å². The number of sulfone groups is 1. The van der Waals surface area contributed by atoms with Gasteiger partial charge in [0.25, 0.3) is 0 Å². The van der Waals surface area contributed by atoms with Gasteiger partial charge in [0.05, 0.1) is 23.7 Å². The summed E-state index contributed by atoms with van der Waals surface area (Å²) in [4.78, 5) is 0. The van der Waals surface area contributed by atoms with Gasteiger partial charge in [0.15, 0.2) is 21.4 Å². The smallest absolute Gasteiger partial charge is 0.456 e. The van der Waals surface area contributed by atoms with E-state index in [4.69, 9.17) is 9.39 Å². The number of rotatable bonds is 8. The summed E-state index contributed by atoms with van der Waals surface area (Å²) in [6.07, 6.45) is 4.25. The molecule has 0 radical (unpaired) electrons. The third-order valence-electron chi connectivity index (χ3n) is 5.61. The lowest BCUT2D eigenvalue weighted by molar-refractivity contribution is 0.166. The largest absolute Gasteiger partial charge is 0.505 e. The van der Waals surface area contributed by atoms with Gasteiger partial charge >= 0.3 is 7.12 Å². The first-order chi connectivity index (χ1) is 14.2. The van der Waals surface area contributed by atoms with Crippen LogP contribution in [0.3, 0.4) is 0 Å². The minimum atomic E-state index is -3.36. The van der Waals surface area contributed by atoms with Crippen LogP contribution in [0, 0.1) is 5.82 Å². The highest BCUT2D eigenvalue weighted by Crippen LogP contribution is 2.39. The van der Waals surface area contributed by atoms with Crippen molar-refractivity contribution in [3.63, 3.8) is 0 Å². The van der Waals surface area contributed by atoms with Crippen LogP contribution in [0.5, 0.6) is 5.75 Å². The molecule has 2 N–H and O–H groups in total. The van der Waals surface area contributed by atoms with Crippen molar-refractivity contribution in [2.24, 2.45) is 0 Å². The highest BCUT2D eigenvalue weighted by atomic mass is 32.2. The number of allylic oxidation sites excluding steroid dienone is 1. The van der Waals surface area contributed by atoms with E-state index in [1.54, 1.807) is 6.07 Å². The second-order valence-electron chi connectivity index (χ2n) is 7.90. The molecule has 0 bridgehead atoms. The van der Waals surface area contributed by atoms with E-state index >= 15 is 0 Å². The van der Waals surface area contributed by atoms with Gasteiger partial charge in [0, 0.05) is 13.4 Å². The van der Waals surface area contributed by atoms with Gasteiger partial charge in [0.2, 0.25) is 0 Å². The molecule has 0 aliphatic carbocycles. The minimum Gasteiger partial charge on any atom is -0.505 e. The third-order valence-corrected chi connectivity index (χ3v) is 7.67. The number of benzene rings is 1. The average Bonchev–Trinajstić information content (AvgIpc) is 2.93. The van der Waals surface area contributed by atoms with Crippen LogP contribution < -0.4 is 0 Å². The first-order valence-electron chi connectivity index (χ1n) is 10.2. The van der Waals surface area contributed by atoms with Crippen LogP contribution in [0.1, 0.15) is 38.2 Å². The molecule has 1 aromatic rings. The predicted molar refractivity (Wildman–Crippen MR) is 114 cm³/mol. The maximum absolute atomic E-state index is 13.7. The van der Waals surface area contributed by atoms with Crippen molar-refractivity contribution in [1.82, 2.24) is 0 Å². The molecular formula is C21H28BFO6S. The Bertz CT molecular complexity index is 943. The Hall–Kier alpha value is -1.68. The molecule has 0 spiro atoms. The first kappa shape index (κ1) is 23.0. The molecule has 0 aromatic heterocycles. The molecule has 1 saturated heterocycles. The second kappa shape index (κ2) is 9.64. The fourth-order valence-electron chi connectivity index (χ4n) is 4.34. The maximum atomic E-state index is 13.7. The van der Waals surface area contributed by atoms with Crippen molar-refractivity contribution in [2.75, 3.05) is 19.5 Å². The van der Waals surface area contributed by atoms with Crippen molar-refractivity contribution in [2.45, 2.75) is 50.3 Å². The molecule has 3 rings (SSSR count). The van der Waals surface area contributed by atoms with E-state index in [0.29, 0.717) is 18.4 Å². The van der Waals surface area contributed by atoms with Gasteiger partial charge in [-0.15, -0.1) is 0 Å². The quantitative estimate of drug-likeness (QED) is 0.479. The molecule has 6 nitrogen and oxygen atoms in total. The number of phenolic OH excluding ortho intramolecular Hbond substituents is 1. The molecule has 0 saturated carbocycles. The Labute approximate surface area is 177 Å². The average molecular weight is 438 g/mol. The first-order valence-corrected chi connectivity index (χ1v) is 11.9. The van der Waals surface area contributed by atoms with Gasteiger partial charge in [0.1, 0.15) is 0 Å². The zero-order chi connectivity index (χ0) is 21.9. The van der Waals surface area contributed by atoms with Crippen LogP contribution in [-0.2, 0) is 19.2 Å². The number of aromatic hydroxyl groups is 1. The van der Waals surface area contributed by atoms with Crippen molar-refractivity contribution in [1.29, 1.82) is 0 Å². The highest BCUT2D eigenvalue weighted by Gasteiger charge is 2.48. The van der Waals surface area contributed by atoms with Crippen molar-refractivity contribution >= 4 is 23.0 Å². The number of hydrogen-bond acceptors (Lipinski definition) is 6. The van der Waals surface area contributed by atoms with Gasteiger partial charge in [-0.25, -0.2) is 12.8 Å². The summed E-state index contributed by atoms with van der Waals surface area (Å²) in [6, 6.07) is 4.25. The molecule has 2 heterocycles. The summed E-state index contributed by atoms with van der Waals surface area (Å²) < 4.78 is 49.8. The lowest BCUT2D eigenvalue weighted by Crippen LogP contribution is -2.42. The molecule has 164 valence electrons. The standard InChI is InChI=1S/C21H28BFO6S/c1-3-4-14(9-15-5-7-18(24)17(23)10-15)6-8-19-21-16(12-28-2)13-30(26,27)20(21)11-22(25)29-19/h5,7,9-10,19-20,24-25H,3-4,6,8,11-13H2,1-2H3/b14-9+/t19-,20+/m1/s1. The fourth-order valence-corrected chi connectivity index (χ4v) is 6.44. The molecule has 1 aromatic carbocycles. The third kappa shape index (κ3) is 5.14. The molecule has 2 atom stereocenters. The molecule has 2 aliphatic rings. The van der Waals surface area contributed by atoms with E-state index in [1.807, 2.05) is 13.0 Å². The number of halogens is 1.